The van der Waals surface area contributed by atoms with Crippen LogP contribution in [0.3, 0.4) is 0 Å². The number of piperidine rings is 1. The van der Waals surface area contributed by atoms with Crippen LogP contribution in [0.15, 0.2) is 48.5 Å². The predicted octanol–water partition coefficient (Wildman–Crippen LogP) is 2.50. The Morgan fingerprint density at radius 3 is 2.41 bits per heavy atom. The molecule has 37 heavy (non-hydrogen) atoms. The zero-order valence-electron chi connectivity index (χ0n) is 21.4. The first-order chi connectivity index (χ1) is 17.7. The van der Waals surface area contributed by atoms with E-state index in [-0.39, 0.29) is 24.3 Å². The van der Waals surface area contributed by atoms with Crippen LogP contribution in [0.4, 0.5) is 0 Å². The lowest BCUT2D eigenvalue weighted by Crippen LogP contribution is -2.60. The van der Waals surface area contributed by atoms with E-state index < -0.39 is 11.8 Å². The molecule has 2 aromatic carbocycles. The Morgan fingerprint density at radius 1 is 1.08 bits per heavy atom. The summed E-state index contributed by atoms with van der Waals surface area (Å²) < 4.78 is 11.5. The Labute approximate surface area is 222 Å². The molecule has 1 atom stereocenters. The van der Waals surface area contributed by atoms with Crippen LogP contribution in [-0.4, -0.2) is 98.2 Å². The van der Waals surface area contributed by atoms with Crippen LogP contribution in [0.25, 0.3) is 0 Å². The number of carbonyl (C=O) groups excluding carboxylic acids is 3. The summed E-state index contributed by atoms with van der Waals surface area (Å²) in [5.74, 6) is -0.0309. The fourth-order valence-corrected chi connectivity index (χ4v) is 5.01. The smallest absolute Gasteiger partial charge is 0.256 e. The number of halogens is 1. The third-order valence-electron chi connectivity index (χ3n) is 6.88. The Kier molecular flexibility index (Phi) is 8.36. The van der Waals surface area contributed by atoms with Crippen molar-refractivity contribution in [1.29, 1.82) is 0 Å². The van der Waals surface area contributed by atoms with Crippen molar-refractivity contribution >= 4 is 29.3 Å². The molecule has 2 aliphatic heterocycles. The first-order valence-electron chi connectivity index (χ1n) is 12.3. The second-order valence-electron chi connectivity index (χ2n) is 9.57. The van der Waals surface area contributed by atoms with Gasteiger partial charge in [-0.1, -0.05) is 17.7 Å². The summed E-state index contributed by atoms with van der Waals surface area (Å²) in [6, 6.07) is 12.9. The molecule has 198 valence electrons. The van der Waals surface area contributed by atoms with Crippen LogP contribution in [0.1, 0.15) is 33.6 Å². The number of hydrogen-bond acceptors (Lipinski definition) is 6. The average molecular weight is 529 g/mol. The molecule has 0 aliphatic carbocycles. The van der Waals surface area contributed by atoms with Crippen LogP contribution in [-0.2, 0) is 9.53 Å². The summed E-state index contributed by atoms with van der Waals surface area (Å²) in [5, 5.41) is 3.43. The van der Waals surface area contributed by atoms with Crippen LogP contribution >= 0.6 is 11.6 Å². The van der Waals surface area contributed by atoms with Crippen molar-refractivity contribution in [1.82, 2.24) is 20.0 Å². The number of rotatable bonds is 7. The van der Waals surface area contributed by atoms with E-state index >= 15 is 0 Å². The molecule has 2 aromatic rings. The maximum absolute atomic E-state index is 13.8. The number of benzene rings is 2. The van der Waals surface area contributed by atoms with Crippen molar-refractivity contribution in [2.75, 3.05) is 54.0 Å². The summed E-state index contributed by atoms with van der Waals surface area (Å²) in [6.07, 6.45) is 0.783. The molecule has 0 saturated carbocycles. The summed E-state index contributed by atoms with van der Waals surface area (Å²) >= 11 is 6.07. The number of nitrogens with one attached hydrogen (secondary N) is 1. The molecule has 3 amide bonds. The largest absolute Gasteiger partial charge is 0.497 e. The van der Waals surface area contributed by atoms with Crippen LogP contribution in [0.5, 0.6) is 5.75 Å². The lowest BCUT2D eigenvalue weighted by atomic mass is 9.96. The van der Waals surface area contributed by atoms with Gasteiger partial charge in [0.1, 0.15) is 17.5 Å². The second kappa shape index (κ2) is 11.5. The number of ether oxygens (including phenoxy) is 2. The third-order valence-corrected chi connectivity index (χ3v) is 7.12. The highest BCUT2D eigenvalue weighted by Gasteiger charge is 2.54. The van der Waals surface area contributed by atoms with Gasteiger partial charge in [0.15, 0.2) is 0 Å². The maximum atomic E-state index is 13.8. The molecule has 1 spiro atoms. The molecule has 0 aromatic heterocycles. The van der Waals surface area contributed by atoms with E-state index in [1.807, 2.05) is 19.0 Å². The Bertz CT molecular complexity index is 1130. The highest BCUT2D eigenvalue weighted by Crippen LogP contribution is 2.39. The van der Waals surface area contributed by atoms with Gasteiger partial charge in [-0.15, -0.1) is 0 Å². The number of likely N-dealkylation sites (N-methyl/N-ethyl adjacent to an activating group) is 1. The minimum atomic E-state index is -0.980. The van der Waals surface area contributed by atoms with E-state index in [0.29, 0.717) is 60.9 Å². The molecular weight excluding hydrogens is 496 g/mol. The molecule has 10 heteroatoms. The first-order valence-corrected chi connectivity index (χ1v) is 12.7. The number of methoxy groups -OCH3 is 1. The van der Waals surface area contributed by atoms with Crippen LogP contribution in [0, 0.1) is 0 Å². The Hall–Kier alpha value is -3.14. The fourth-order valence-electron chi connectivity index (χ4n) is 4.82. The van der Waals surface area contributed by atoms with Gasteiger partial charge < -0.3 is 24.6 Å². The SMILES string of the molecule is COc1ccc(C(=O)N2[C@@H](C(=O)NCCN(C)C)COC23CCN(C(=O)c2cccc(Cl)c2)CC3)cc1. The topological polar surface area (TPSA) is 91.4 Å². The molecule has 2 heterocycles. The van der Waals surface area contributed by atoms with Crippen molar-refractivity contribution in [3.05, 3.63) is 64.7 Å². The average Bonchev–Trinajstić information content (AvgIpc) is 3.26. The quantitative estimate of drug-likeness (QED) is 0.594. The van der Waals surface area contributed by atoms with Crippen molar-refractivity contribution in [2.45, 2.75) is 24.6 Å². The van der Waals surface area contributed by atoms with E-state index in [1.54, 1.807) is 65.4 Å². The zero-order chi connectivity index (χ0) is 26.6. The molecule has 0 bridgehead atoms. The molecule has 2 fully saturated rings. The van der Waals surface area contributed by atoms with Gasteiger partial charge in [-0.05, 0) is 56.6 Å². The lowest BCUT2D eigenvalue weighted by Gasteiger charge is -2.44. The van der Waals surface area contributed by atoms with Gasteiger partial charge in [-0.2, -0.15) is 0 Å². The fraction of sp³-hybridized carbons (Fsp3) is 0.444. The van der Waals surface area contributed by atoms with E-state index in [0.717, 1.165) is 0 Å². The Morgan fingerprint density at radius 2 is 1.78 bits per heavy atom. The molecule has 0 radical (unpaired) electrons. The minimum Gasteiger partial charge on any atom is -0.497 e. The van der Waals surface area contributed by atoms with E-state index in [1.165, 1.54) is 0 Å². The summed E-state index contributed by atoms with van der Waals surface area (Å²) in [6.45, 7) is 2.00. The highest BCUT2D eigenvalue weighted by molar-refractivity contribution is 6.30. The molecule has 2 saturated heterocycles. The molecule has 4 rings (SSSR count). The van der Waals surface area contributed by atoms with Gasteiger partial charge in [-0.25, -0.2) is 0 Å². The molecule has 1 N–H and O–H groups in total. The predicted molar refractivity (Wildman–Crippen MR) is 140 cm³/mol. The number of likely N-dealkylation sites (tertiary alicyclic amines) is 1. The standard InChI is InChI=1S/C27H33ClN4O5/c1-30(2)16-13-29-24(33)23-18-37-27(32(23)26(35)19-7-9-22(36-3)10-8-19)11-14-31(15-12-27)25(34)20-5-4-6-21(28)17-20/h4-10,17,23H,11-16,18H2,1-3H3,(H,29,33)/t23-/m1/s1. The van der Waals surface area contributed by atoms with E-state index in [9.17, 15) is 14.4 Å². The summed E-state index contributed by atoms with van der Waals surface area (Å²) in [7, 11) is 5.42. The van der Waals surface area contributed by atoms with Gasteiger partial charge in [0, 0.05) is 55.2 Å². The molecule has 2 aliphatic rings. The summed E-state index contributed by atoms with van der Waals surface area (Å²) in [4.78, 5) is 45.4. The third kappa shape index (κ3) is 5.89. The molecule has 9 nitrogen and oxygen atoms in total. The normalized spacial score (nSPS) is 18.8. The number of amides is 3. The van der Waals surface area contributed by atoms with Crippen molar-refractivity contribution in [3.8, 4) is 5.75 Å². The van der Waals surface area contributed by atoms with Gasteiger partial charge in [0.2, 0.25) is 5.91 Å². The lowest BCUT2D eigenvalue weighted by molar-refractivity contribution is -0.128. The van der Waals surface area contributed by atoms with Gasteiger partial charge in [0.05, 0.1) is 13.7 Å². The van der Waals surface area contributed by atoms with E-state index in [4.69, 9.17) is 21.1 Å². The van der Waals surface area contributed by atoms with Crippen molar-refractivity contribution in [3.63, 3.8) is 0 Å². The van der Waals surface area contributed by atoms with Gasteiger partial charge in [-0.3, -0.25) is 19.3 Å². The Balaban J connectivity index is 1.55. The van der Waals surface area contributed by atoms with Crippen molar-refractivity contribution < 1.29 is 23.9 Å². The molecule has 0 unspecified atom stereocenters. The zero-order valence-corrected chi connectivity index (χ0v) is 22.2. The molecular formula is C27H33ClN4O5. The summed E-state index contributed by atoms with van der Waals surface area (Å²) in [5.41, 5.74) is -0.0274. The van der Waals surface area contributed by atoms with Crippen LogP contribution in [0.2, 0.25) is 5.02 Å². The minimum absolute atomic E-state index is 0.0952. The van der Waals surface area contributed by atoms with E-state index in [2.05, 4.69) is 5.32 Å². The van der Waals surface area contributed by atoms with Crippen molar-refractivity contribution in [2.24, 2.45) is 0 Å². The number of nitrogens with zero attached hydrogens (tertiary/aromatic N) is 3. The van der Waals surface area contributed by atoms with Gasteiger partial charge >= 0.3 is 0 Å². The number of carbonyl (C=O) groups is 3. The second-order valence-corrected chi connectivity index (χ2v) is 10.0. The van der Waals surface area contributed by atoms with Gasteiger partial charge in [0.25, 0.3) is 11.8 Å². The number of hydrogen-bond donors (Lipinski definition) is 1. The monoisotopic (exact) mass is 528 g/mol. The highest BCUT2D eigenvalue weighted by atomic mass is 35.5. The first kappa shape index (κ1) is 26.9. The maximum Gasteiger partial charge on any atom is 0.256 e. The van der Waals surface area contributed by atoms with Crippen LogP contribution < -0.4 is 10.1 Å².